The molecule has 1 N–H and O–H groups in total. The highest BCUT2D eigenvalue weighted by atomic mass is 16.5. The van der Waals surface area contributed by atoms with Crippen LogP contribution >= 0.6 is 0 Å². The Labute approximate surface area is 152 Å². The lowest BCUT2D eigenvalue weighted by atomic mass is 10.0. The second-order valence-electron chi connectivity index (χ2n) is 6.99. The molecule has 0 aliphatic carbocycles. The predicted molar refractivity (Wildman–Crippen MR) is 104 cm³/mol. The van der Waals surface area contributed by atoms with Crippen LogP contribution < -0.4 is 0 Å². The fourth-order valence-corrected chi connectivity index (χ4v) is 2.53. The zero-order valence-electron chi connectivity index (χ0n) is 16.0. The standard InChI is InChI=1S/C22H32O3/c1-17(2)9-7-10-18(3)11-8-12-19(4)15-16-25-22(24)20-13-5-6-14-21(20)23/h5-6,9,11,13-14,19,23H,7-8,10,12,15-16H2,1-4H3. The summed E-state index contributed by atoms with van der Waals surface area (Å²) in [5.41, 5.74) is 3.04. The first kappa shape index (κ1) is 21.0. The summed E-state index contributed by atoms with van der Waals surface area (Å²) < 4.78 is 5.26. The Balaban J connectivity index is 2.22. The van der Waals surface area contributed by atoms with Gasteiger partial charge in [-0.1, -0.05) is 42.4 Å². The predicted octanol–water partition coefficient (Wildman–Crippen LogP) is 6.05. The molecule has 0 aliphatic rings. The molecule has 0 bridgehead atoms. The second-order valence-corrected chi connectivity index (χ2v) is 6.99. The van der Waals surface area contributed by atoms with Crippen molar-refractivity contribution in [1.29, 1.82) is 0 Å². The lowest BCUT2D eigenvalue weighted by Crippen LogP contribution is -2.09. The number of para-hydroxylation sites is 1. The average Bonchev–Trinajstić information content (AvgIpc) is 2.54. The van der Waals surface area contributed by atoms with E-state index in [-0.39, 0.29) is 11.3 Å². The van der Waals surface area contributed by atoms with Crippen molar-refractivity contribution in [2.24, 2.45) is 5.92 Å². The first-order valence-electron chi connectivity index (χ1n) is 9.14. The molecule has 1 aromatic rings. The molecule has 3 nitrogen and oxygen atoms in total. The number of allylic oxidation sites excluding steroid dienone is 4. The Morgan fingerprint density at radius 2 is 1.84 bits per heavy atom. The smallest absolute Gasteiger partial charge is 0.341 e. The Bertz CT molecular complexity index is 595. The number of aromatic hydroxyl groups is 1. The summed E-state index contributed by atoms with van der Waals surface area (Å²) in [7, 11) is 0. The third-order valence-corrected chi connectivity index (χ3v) is 4.21. The van der Waals surface area contributed by atoms with Crippen LogP contribution in [0.5, 0.6) is 5.75 Å². The molecule has 0 amide bonds. The van der Waals surface area contributed by atoms with Crippen LogP contribution in [-0.2, 0) is 4.74 Å². The minimum atomic E-state index is -0.458. The number of phenols is 1. The third-order valence-electron chi connectivity index (χ3n) is 4.21. The summed E-state index contributed by atoms with van der Waals surface area (Å²) in [6, 6.07) is 6.46. The van der Waals surface area contributed by atoms with E-state index >= 15 is 0 Å². The van der Waals surface area contributed by atoms with Gasteiger partial charge in [-0.2, -0.15) is 0 Å². The van der Waals surface area contributed by atoms with Crippen LogP contribution in [-0.4, -0.2) is 17.7 Å². The van der Waals surface area contributed by atoms with E-state index in [1.165, 1.54) is 17.2 Å². The number of carbonyl (C=O) groups excluding carboxylic acids is 1. The maximum atomic E-state index is 11.9. The highest BCUT2D eigenvalue weighted by molar-refractivity contribution is 5.92. The number of phenolic OH excluding ortho intramolecular Hbond substituents is 1. The molecule has 1 rings (SSSR count). The van der Waals surface area contributed by atoms with E-state index in [1.807, 2.05) is 0 Å². The lowest BCUT2D eigenvalue weighted by molar-refractivity contribution is 0.0481. The normalized spacial score (nSPS) is 12.6. The van der Waals surface area contributed by atoms with E-state index in [0.717, 1.165) is 32.1 Å². The molecule has 0 heterocycles. The highest BCUT2D eigenvalue weighted by Gasteiger charge is 2.12. The van der Waals surface area contributed by atoms with Gasteiger partial charge in [0, 0.05) is 0 Å². The van der Waals surface area contributed by atoms with Crippen molar-refractivity contribution in [2.45, 2.75) is 59.8 Å². The van der Waals surface area contributed by atoms with Crippen LogP contribution in [0.4, 0.5) is 0 Å². The largest absolute Gasteiger partial charge is 0.507 e. The Kier molecular flexibility index (Phi) is 9.68. The first-order valence-corrected chi connectivity index (χ1v) is 9.14. The monoisotopic (exact) mass is 344 g/mol. The third kappa shape index (κ3) is 9.13. The zero-order chi connectivity index (χ0) is 18.7. The van der Waals surface area contributed by atoms with Crippen LogP contribution in [0, 0.1) is 5.92 Å². The van der Waals surface area contributed by atoms with E-state index in [2.05, 4.69) is 39.8 Å². The van der Waals surface area contributed by atoms with Gasteiger partial charge in [0.05, 0.1) is 6.61 Å². The summed E-state index contributed by atoms with van der Waals surface area (Å²) in [6.07, 6.45) is 9.83. The molecule has 1 aromatic carbocycles. The molecule has 138 valence electrons. The quantitative estimate of drug-likeness (QED) is 0.415. The number of carbonyl (C=O) groups is 1. The molecule has 25 heavy (non-hydrogen) atoms. The van der Waals surface area contributed by atoms with Gasteiger partial charge in [0.25, 0.3) is 0 Å². The Morgan fingerprint density at radius 1 is 1.12 bits per heavy atom. The number of hydrogen-bond acceptors (Lipinski definition) is 3. The van der Waals surface area contributed by atoms with Crippen molar-refractivity contribution in [3.63, 3.8) is 0 Å². The maximum absolute atomic E-state index is 11.9. The first-order chi connectivity index (χ1) is 11.9. The topological polar surface area (TPSA) is 46.5 Å². The van der Waals surface area contributed by atoms with Crippen LogP contribution in [0.2, 0.25) is 0 Å². The fourth-order valence-electron chi connectivity index (χ4n) is 2.53. The highest BCUT2D eigenvalue weighted by Crippen LogP contribution is 2.18. The van der Waals surface area contributed by atoms with E-state index in [4.69, 9.17) is 4.74 Å². The molecular weight excluding hydrogens is 312 g/mol. The molecule has 0 fully saturated rings. The zero-order valence-corrected chi connectivity index (χ0v) is 16.0. The van der Waals surface area contributed by atoms with E-state index in [0.29, 0.717) is 12.5 Å². The van der Waals surface area contributed by atoms with Crippen LogP contribution in [0.3, 0.4) is 0 Å². The number of rotatable bonds is 10. The van der Waals surface area contributed by atoms with Crippen molar-refractivity contribution < 1.29 is 14.6 Å². The minimum Gasteiger partial charge on any atom is -0.507 e. The van der Waals surface area contributed by atoms with E-state index < -0.39 is 5.97 Å². The molecule has 3 heteroatoms. The number of hydrogen-bond donors (Lipinski definition) is 1. The number of ether oxygens (including phenoxy) is 1. The van der Waals surface area contributed by atoms with Crippen LogP contribution in [0.1, 0.15) is 70.2 Å². The molecule has 0 radical (unpaired) electrons. The minimum absolute atomic E-state index is 0.0331. The molecule has 0 aromatic heterocycles. The molecule has 0 saturated carbocycles. The summed E-state index contributed by atoms with van der Waals surface area (Å²) in [6.45, 7) is 9.02. The number of benzene rings is 1. The molecule has 1 unspecified atom stereocenters. The molecule has 0 spiro atoms. The Hall–Kier alpha value is -2.03. The van der Waals surface area contributed by atoms with E-state index in [9.17, 15) is 9.90 Å². The summed E-state index contributed by atoms with van der Waals surface area (Å²) in [5, 5.41) is 9.64. The summed E-state index contributed by atoms with van der Waals surface area (Å²) in [5.74, 6) is 0.00795. The van der Waals surface area contributed by atoms with Crippen molar-refractivity contribution >= 4 is 5.97 Å². The van der Waals surface area contributed by atoms with Gasteiger partial charge in [0.15, 0.2) is 0 Å². The van der Waals surface area contributed by atoms with Gasteiger partial charge in [-0.05, 0) is 70.9 Å². The summed E-state index contributed by atoms with van der Waals surface area (Å²) >= 11 is 0. The lowest BCUT2D eigenvalue weighted by Gasteiger charge is -2.11. The Morgan fingerprint density at radius 3 is 2.52 bits per heavy atom. The molecule has 0 saturated heterocycles. The van der Waals surface area contributed by atoms with Gasteiger partial charge in [-0.3, -0.25) is 0 Å². The van der Waals surface area contributed by atoms with Crippen molar-refractivity contribution in [3.05, 3.63) is 53.1 Å². The van der Waals surface area contributed by atoms with Gasteiger partial charge in [0.1, 0.15) is 11.3 Å². The van der Waals surface area contributed by atoms with E-state index in [1.54, 1.807) is 18.2 Å². The van der Waals surface area contributed by atoms with Crippen LogP contribution in [0.25, 0.3) is 0 Å². The summed E-state index contributed by atoms with van der Waals surface area (Å²) in [4.78, 5) is 11.9. The average molecular weight is 344 g/mol. The van der Waals surface area contributed by atoms with Gasteiger partial charge >= 0.3 is 5.97 Å². The van der Waals surface area contributed by atoms with Crippen LogP contribution in [0.15, 0.2) is 47.6 Å². The SMILES string of the molecule is CC(C)=CCCC(C)=CCCC(C)CCOC(=O)c1ccccc1O. The van der Waals surface area contributed by atoms with Gasteiger partial charge in [-0.25, -0.2) is 4.79 Å². The molecular formula is C22H32O3. The fraction of sp³-hybridized carbons (Fsp3) is 0.500. The van der Waals surface area contributed by atoms with Crippen molar-refractivity contribution in [3.8, 4) is 5.75 Å². The number of esters is 1. The maximum Gasteiger partial charge on any atom is 0.341 e. The van der Waals surface area contributed by atoms with Crippen molar-refractivity contribution in [2.75, 3.05) is 6.61 Å². The van der Waals surface area contributed by atoms with Crippen molar-refractivity contribution in [1.82, 2.24) is 0 Å². The molecule has 0 aliphatic heterocycles. The van der Waals surface area contributed by atoms with Gasteiger partial charge < -0.3 is 9.84 Å². The van der Waals surface area contributed by atoms with Gasteiger partial charge in [0.2, 0.25) is 0 Å². The second kappa shape index (κ2) is 11.5. The molecule has 1 atom stereocenters. The van der Waals surface area contributed by atoms with Gasteiger partial charge in [-0.15, -0.1) is 0 Å².